The fourth-order valence-corrected chi connectivity index (χ4v) is 2.98. The molecule has 0 atom stereocenters. The van der Waals surface area contributed by atoms with Crippen molar-refractivity contribution < 1.29 is 0 Å². The fourth-order valence-electron chi connectivity index (χ4n) is 2.80. The SMILES string of the molecule is CCc1ccccc1-n1c(CCl)nc2c(C)nn(CC)c21. The molecule has 0 radical (unpaired) electrons. The number of imidazole rings is 1. The number of halogens is 1. The van der Waals surface area contributed by atoms with Gasteiger partial charge in [0.2, 0.25) is 0 Å². The van der Waals surface area contributed by atoms with Gasteiger partial charge in [-0.15, -0.1) is 11.6 Å². The summed E-state index contributed by atoms with van der Waals surface area (Å²) in [7, 11) is 0. The van der Waals surface area contributed by atoms with Gasteiger partial charge in [0.15, 0.2) is 5.65 Å². The van der Waals surface area contributed by atoms with Gasteiger partial charge in [-0.05, 0) is 31.9 Å². The summed E-state index contributed by atoms with van der Waals surface area (Å²) >= 11 is 6.14. The number of fused-ring (bicyclic) bond motifs is 1. The molecule has 0 amide bonds. The van der Waals surface area contributed by atoms with Crippen molar-refractivity contribution in [1.29, 1.82) is 0 Å². The topological polar surface area (TPSA) is 35.6 Å². The summed E-state index contributed by atoms with van der Waals surface area (Å²) in [5.74, 6) is 1.26. The number of nitrogens with zero attached hydrogens (tertiary/aromatic N) is 4. The summed E-state index contributed by atoms with van der Waals surface area (Å²) in [5, 5.41) is 4.58. The molecule has 21 heavy (non-hydrogen) atoms. The molecule has 2 aromatic heterocycles. The van der Waals surface area contributed by atoms with E-state index in [1.54, 1.807) is 0 Å². The third-order valence-corrected chi connectivity index (χ3v) is 4.05. The van der Waals surface area contributed by atoms with Crippen molar-refractivity contribution in [3.05, 3.63) is 41.3 Å². The molecular formula is C16H19ClN4. The number of aryl methyl sites for hydroxylation is 3. The average molecular weight is 303 g/mol. The maximum Gasteiger partial charge on any atom is 0.163 e. The van der Waals surface area contributed by atoms with Crippen LogP contribution < -0.4 is 0 Å². The second kappa shape index (κ2) is 5.53. The third-order valence-electron chi connectivity index (χ3n) is 3.81. The van der Waals surface area contributed by atoms with Gasteiger partial charge in [0, 0.05) is 6.54 Å². The maximum atomic E-state index is 6.14. The molecule has 5 heteroatoms. The molecule has 0 aliphatic carbocycles. The van der Waals surface area contributed by atoms with Crippen LogP contribution in [0.5, 0.6) is 0 Å². The number of para-hydroxylation sites is 1. The average Bonchev–Trinajstić information content (AvgIpc) is 3.04. The van der Waals surface area contributed by atoms with Gasteiger partial charge < -0.3 is 0 Å². The van der Waals surface area contributed by atoms with Gasteiger partial charge in [-0.25, -0.2) is 9.67 Å². The Morgan fingerprint density at radius 1 is 1.19 bits per heavy atom. The summed E-state index contributed by atoms with van der Waals surface area (Å²) in [6.45, 7) is 7.06. The second-order valence-electron chi connectivity index (χ2n) is 5.05. The van der Waals surface area contributed by atoms with Crippen LogP contribution in [0.4, 0.5) is 0 Å². The van der Waals surface area contributed by atoms with E-state index in [0.717, 1.165) is 41.3 Å². The highest BCUT2D eigenvalue weighted by Gasteiger charge is 2.19. The van der Waals surface area contributed by atoms with E-state index < -0.39 is 0 Å². The van der Waals surface area contributed by atoms with E-state index in [1.807, 2.05) is 11.6 Å². The Morgan fingerprint density at radius 3 is 2.62 bits per heavy atom. The smallest absolute Gasteiger partial charge is 0.163 e. The minimum Gasteiger partial charge on any atom is -0.280 e. The molecule has 0 saturated heterocycles. The van der Waals surface area contributed by atoms with E-state index in [-0.39, 0.29) is 0 Å². The van der Waals surface area contributed by atoms with Crippen molar-refractivity contribution in [2.45, 2.75) is 39.6 Å². The Balaban J connectivity index is 2.39. The van der Waals surface area contributed by atoms with Crippen LogP contribution in [0.2, 0.25) is 0 Å². The van der Waals surface area contributed by atoms with Crippen LogP contribution in [0.1, 0.15) is 30.9 Å². The Labute approximate surface area is 129 Å². The lowest BCUT2D eigenvalue weighted by molar-refractivity contribution is 0.659. The first kappa shape index (κ1) is 14.1. The summed E-state index contributed by atoms with van der Waals surface area (Å²) < 4.78 is 4.16. The molecule has 3 rings (SSSR count). The van der Waals surface area contributed by atoms with Crippen LogP contribution in [0, 0.1) is 6.92 Å². The van der Waals surface area contributed by atoms with Gasteiger partial charge >= 0.3 is 0 Å². The molecule has 1 aromatic carbocycles. The number of rotatable bonds is 4. The zero-order valence-electron chi connectivity index (χ0n) is 12.6. The molecule has 0 saturated carbocycles. The van der Waals surface area contributed by atoms with Crippen molar-refractivity contribution in [3.63, 3.8) is 0 Å². The minimum absolute atomic E-state index is 0.385. The molecule has 0 aliphatic rings. The largest absolute Gasteiger partial charge is 0.280 e. The van der Waals surface area contributed by atoms with E-state index in [9.17, 15) is 0 Å². The Bertz CT molecular complexity index is 785. The summed E-state index contributed by atoms with van der Waals surface area (Å²) in [5.41, 5.74) is 5.35. The monoisotopic (exact) mass is 302 g/mol. The standard InChI is InChI=1S/C16H19ClN4/c1-4-12-8-6-7-9-13(12)21-14(10-17)18-15-11(3)19-20(5-2)16(15)21/h6-9H,4-5,10H2,1-3H3. The lowest BCUT2D eigenvalue weighted by Crippen LogP contribution is -2.08. The third kappa shape index (κ3) is 2.14. The summed E-state index contributed by atoms with van der Waals surface area (Å²) in [6, 6.07) is 8.40. The van der Waals surface area contributed by atoms with E-state index >= 15 is 0 Å². The molecule has 2 heterocycles. The Kier molecular flexibility index (Phi) is 3.72. The van der Waals surface area contributed by atoms with Crippen LogP contribution in [0.3, 0.4) is 0 Å². The number of alkyl halides is 1. The highest BCUT2D eigenvalue weighted by Crippen LogP contribution is 2.27. The van der Waals surface area contributed by atoms with Crippen LogP contribution in [0.15, 0.2) is 24.3 Å². The van der Waals surface area contributed by atoms with Gasteiger partial charge in [-0.1, -0.05) is 25.1 Å². The lowest BCUT2D eigenvalue weighted by atomic mass is 10.1. The highest BCUT2D eigenvalue weighted by molar-refractivity contribution is 6.17. The summed E-state index contributed by atoms with van der Waals surface area (Å²) in [4.78, 5) is 4.70. The predicted molar refractivity (Wildman–Crippen MR) is 86.2 cm³/mol. The van der Waals surface area contributed by atoms with Crippen molar-refractivity contribution in [1.82, 2.24) is 19.3 Å². The van der Waals surface area contributed by atoms with Crippen LogP contribution in [0.25, 0.3) is 16.9 Å². The fraction of sp³-hybridized carbons (Fsp3) is 0.375. The molecule has 4 nitrogen and oxygen atoms in total. The quantitative estimate of drug-likeness (QED) is 0.686. The van der Waals surface area contributed by atoms with Gasteiger partial charge in [-0.2, -0.15) is 5.10 Å². The molecular weight excluding hydrogens is 284 g/mol. The first-order valence-corrected chi connectivity index (χ1v) is 7.83. The molecule has 0 unspecified atom stereocenters. The first-order valence-electron chi connectivity index (χ1n) is 7.30. The van der Waals surface area contributed by atoms with Gasteiger partial charge in [-0.3, -0.25) is 4.57 Å². The maximum absolute atomic E-state index is 6.14. The minimum atomic E-state index is 0.385. The molecule has 0 bridgehead atoms. The Morgan fingerprint density at radius 2 is 1.95 bits per heavy atom. The predicted octanol–water partition coefficient (Wildman–Crippen LogP) is 3.85. The first-order chi connectivity index (χ1) is 10.2. The number of hydrogen-bond acceptors (Lipinski definition) is 2. The number of aromatic nitrogens is 4. The van der Waals surface area contributed by atoms with Crippen molar-refractivity contribution in [2.24, 2.45) is 0 Å². The molecule has 110 valence electrons. The van der Waals surface area contributed by atoms with Gasteiger partial charge in [0.25, 0.3) is 0 Å². The molecule has 0 N–H and O–H groups in total. The number of hydrogen-bond donors (Lipinski definition) is 0. The van der Waals surface area contributed by atoms with Crippen molar-refractivity contribution in [2.75, 3.05) is 0 Å². The Hall–Kier alpha value is -1.81. The molecule has 3 aromatic rings. The van der Waals surface area contributed by atoms with E-state index in [1.165, 1.54) is 5.56 Å². The van der Waals surface area contributed by atoms with Crippen LogP contribution in [-0.4, -0.2) is 19.3 Å². The van der Waals surface area contributed by atoms with E-state index in [0.29, 0.717) is 5.88 Å². The molecule has 0 spiro atoms. The van der Waals surface area contributed by atoms with Crippen molar-refractivity contribution >= 4 is 22.8 Å². The van der Waals surface area contributed by atoms with E-state index in [2.05, 4.69) is 47.8 Å². The second-order valence-corrected chi connectivity index (χ2v) is 5.32. The van der Waals surface area contributed by atoms with Crippen molar-refractivity contribution in [3.8, 4) is 5.69 Å². The van der Waals surface area contributed by atoms with Crippen LogP contribution in [-0.2, 0) is 18.8 Å². The zero-order valence-corrected chi connectivity index (χ0v) is 13.4. The number of benzene rings is 1. The molecule has 0 aliphatic heterocycles. The van der Waals surface area contributed by atoms with E-state index in [4.69, 9.17) is 16.6 Å². The lowest BCUT2D eigenvalue weighted by Gasteiger charge is -2.13. The van der Waals surface area contributed by atoms with Gasteiger partial charge in [0.1, 0.15) is 11.3 Å². The normalized spacial score (nSPS) is 11.4. The summed E-state index contributed by atoms with van der Waals surface area (Å²) in [6.07, 6.45) is 0.969. The molecule has 0 fully saturated rings. The zero-order chi connectivity index (χ0) is 15.0. The highest BCUT2D eigenvalue weighted by atomic mass is 35.5. The van der Waals surface area contributed by atoms with Gasteiger partial charge in [0.05, 0.1) is 17.3 Å². The van der Waals surface area contributed by atoms with Crippen LogP contribution >= 0.6 is 11.6 Å².